The number of nitrogens with zero attached hydrogens (tertiary/aromatic N) is 2. The van der Waals surface area contributed by atoms with Crippen molar-refractivity contribution < 1.29 is 9.59 Å². The van der Waals surface area contributed by atoms with E-state index in [0.29, 0.717) is 11.8 Å². The first-order valence-corrected chi connectivity index (χ1v) is 38.8. The largest absolute Gasteiger partial charge is 0.307 e. The summed E-state index contributed by atoms with van der Waals surface area (Å²) in [5.41, 5.74) is 3.70. The van der Waals surface area contributed by atoms with E-state index < -0.39 is 0 Å². The smallest absolute Gasteiger partial charge is 0.260 e. The Bertz CT molecular complexity index is 3040. The number of hydrogen-bond donors (Lipinski definition) is 0. The van der Waals surface area contributed by atoms with E-state index in [1.807, 2.05) is 22.7 Å². The van der Waals surface area contributed by atoms with Crippen molar-refractivity contribution >= 4 is 99.9 Å². The molecule has 6 aromatic rings. The van der Waals surface area contributed by atoms with Crippen molar-refractivity contribution in [1.82, 2.24) is 0 Å². The van der Waals surface area contributed by atoms with Gasteiger partial charge in [-0.05, 0) is 109 Å². The molecule has 0 saturated carbocycles. The van der Waals surface area contributed by atoms with E-state index in [1.165, 1.54) is 279 Å². The van der Waals surface area contributed by atoms with Crippen LogP contribution in [0.2, 0.25) is 0 Å². The average molecular weight is 1230 g/mol. The zero-order valence-electron chi connectivity index (χ0n) is 54.0. The Morgan fingerprint density at radius 3 is 1.12 bits per heavy atom. The van der Waals surface area contributed by atoms with Gasteiger partial charge in [0, 0.05) is 47.9 Å². The van der Waals surface area contributed by atoms with Gasteiger partial charge in [-0.15, -0.1) is 45.3 Å². The van der Waals surface area contributed by atoms with Crippen LogP contribution in [0.4, 0.5) is 11.4 Å². The molecule has 2 atom stereocenters. The van der Waals surface area contributed by atoms with Crippen LogP contribution in [0.1, 0.15) is 299 Å². The van der Waals surface area contributed by atoms with Gasteiger partial charge in [0.2, 0.25) is 0 Å². The van der Waals surface area contributed by atoms with E-state index in [-0.39, 0.29) is 11.8 Å². The number of carbonyl (C=O) groups is 2. The molecule has 0 radical (unpaired) electrons. The molecule has 2 aliphatic heterocycles. The highest BCUT2D eigenvalue weighted by Crippen LogP contribution is 2.44. The van der Waals surface area contributed by atoms with Crippen LogP contribution in [0, 0.1) is 18.8 Å². The Hall–Kier alpha value is -3.56. The molecule has 0 aliphatic carbocycles. The van der Waals surface area contributed by atoms with Crippen LogP contribution in [0.5, 0.6) is 0 Å². The molecule has 2 amide bonds. The number of thiophene rings is 4. The number of carbonyl (C=O) groups excluding carboxylic acids is 2. The molecule has 8 rings (SSSR count). The summed E-state index contributed by atoms with van der Waals surface area (Å²) in [6.45, 7) is 12.9. The number of amides is 2. The van der Waals surface area contributed by atoms with Gasteiger partial charge in [0.25, 0.3) is 11.8 Å². The molecule has 2 unspecified atom stereocenters. The van der Waals surface area contributed by atoms with Crippen LogP contribution in [-0.4, -0.2) is 24.9 Å². The van der Waals surface area contributed by atoms with E-state index in [4.69, 9.17) is 0 Å². The number of rotatable bonds is 47. The maximum absolute atomic E-state index is 15.9. The standard InChI is InChI=1S/C77H112N2O2S4/c1-6-10-14-18-22-26-28-32-36-40-44-60(42-38-34-30-24-20-16-12-8-3)57-78-66-56-65-67(55-64(66)72(76(78)80)69-49-46-59(5)83-69)79(58-61(43-39-35-31-25-21-17-13-9-4)45-41-37-33-29-27-23-19-15-11-7-2)77(81)73(65)70-51-50-68(84-70)71-54-63-48-47-62-52-53-82-74(62)75(63)85-71/h46-56,60-61H,6-45,57-58H2,1-5H3. The molecule has 4 nitrogen and oxygen atoms in total. The van der Waals surface area contributed by atoms with Crippen LogP contribution >= 0.6 is 45.3 Å². The molecule has 8 heteroatoms. The van der Waals surface area contributed by atoms with Crippen LogP contribution < -0.4 is 20.2 Å². The first-order valence-electron chi connectivity index (χ1n) is 35.5. The highest BCUT2D eigenvalue weighted by Gasteiger charge is 2.38. The van der Waals surface area contributed by atoms with Gasteiger partial charge in [0.05, 0.1) is 31.9 Å². The molecule has 2 aliphatic rings. The van der Waals surface area contributed by atoms with Crippen molar-refractivity contribution in [2.45, 2.75) is 291 Å². The molecule has 2 aromatic carbocycles. The Morgan fingerprint density at radius 1 is 0.353 bits per heavy atom. The molecular formula is C77H112N2O2S4. The number of fused-ring (bicyclic) bond motifs is 5. The van der Waals surface area contributed by atoms with Gasteiger partial charge in [0.1, 0.15) is 0 Å². The second-order valence-corrected chi connectivity index (χ2v) is 30.5. The van der Waals surface area contributed by atoms with E-state index >= 15 is 9.59 Å². The SMILES string of the molecule is CCCCCCCCCCCCC(CCCCCCCCCC)CN1C(=O)C(c2ccc(C)s2)=c2cc3c(cc21)=C(c1ccc(-c2cc4ccc5ccsc5c4s2)s1)C(=O)N3CC(CCCCCCCCCC)CCCCCCCCCCCC. The average Bonchev–Trinajstić information content (AvgIpc) is 2.66. The normalized spacial score (nSPS) is 14.1. The van der Waals surface area contributed by atoms with E-state index in [0.717, 1.165) is 68.6 Å². The Morgan fingerprint density at radius 2 is 0.718 bits per heavy atom. The summed E-state index contributed by atoms with van der Waals surface area (Å²) in [5, 5.41) is 6.86. The van der Waals surface area contributed by atoms with Gasteiger partial charge >= 0.3 is 0 Å². The summed E-state index contributed by atoms with van der Waals surface area (Å²) < 4.78 is 2.71. The third-order valence-corrected chi connectivity index (χ3v) is 23.6. The molecule has 0 saturated heterocycles. The molecule has 0 bridgehead atoms. The van der Waals surface area contributed by atoms with Crippen molar-refractivity contribution in [2.24, 2.45) is 11.8 Å². The number of hydrogen-bond acceptors (Lipinski definition) is 6. The highest BCUT2D eigenvalue weighted by atomic mass is 32.1. The van der Waals surface area contributed by atoms with Crippen molar-refractivity contribution in [3.63, 3.8) is 0 Å². The van der Waals surface area contributed by atoms with E-state index in [2.05, 4.69) is 110 Å². The third kappa shape index (κ3) is 20.0. The topological polar surface area (TPSA) is 40.6 Å². The minimum Gasteiger partial charge on any atom is -0.307 e. The van der Waals surface area contributed by atoms with Crippen molar-refractivity contribution in [1.29, 1.82) is 0 Å². The highest BCUT2D eigenvalue weighted by molar-refractivity contribution is 7.30. The predicted molar refractivity (Wildman–Crippen MR) is 379 cm³/mol. The lowest BCUT2D eigenvalue weighted by Crippen LogP contribution is -2.35. The van der Waals surface area contributed by atoms with Gasteiger partial charge in [-0.3, -0.25) is 9.59 Å². The van der Waals surface area contributed by atoms with Gasteiger partial charge in [0.15, 0.2) is 0 Å². The van der Waals surface area contributed by atoms with Crippen molar-refractivity contribution in [2.75, 3.05) is 22.9 Å². The van der Waals surface area contributed by atoms with Crippen LogP contribution in [0.3, 0.4) is 0 Å². The summed E-state index contributed by atoms with van der Waals surface area (Å²) in [6, 6.07) is 22.7. The first-order chi connectivity index (χ1) is 41.8. The molecular weight excluding hydrogens is 1110 g/mol. The zero-order valence-corrected chi connectivity index (χ0v) is 57.3. The van der Waals surface area contributed by atoms with Gasteiger partial charge < -0.3 is 9.80 Å². The molecule has 6 heterocycles. The number of benzene rings is 2. The van der Waals surface area contributed by atoms with E-state index in [9.17, 15) is 0 Å². The molecule has 85 heavy (non-hydrogen) atoms. The van der Waals surface area contributed by atoms with Crippen LogP contribution in [0.15, 0.2) is 66.0 Å². The lowest BCUT2D eigenvalue weighted by molar-refractivity contribution is -0.114. The summed E-state index contributed by atoms with van der Waals surface area (Å²) in [5.74, 6) is 1.16. The quantitative estimate of drug-likeness (QED) is 0.0357. The fourth-order valence-corrected chi connectivity index (χ4v) is 18.2. The Kier molecular flexibility index (Phi) is 29.7. The maximum Gasteiger partial charge on any atom is 0.260 e. The Labute approximate surface area is 532 Å². The minimum atomic E-state index is 0.146. The van der Waals surface area contributed by atoms with Gasteiger partial charge in [-0.1, -0.05) is 271 Å². The molecule has 0 fully saturated rings. The fraction of sp³-hybridized carbons (Fsp3) is 0.636. The molecule has 0 spiro atoms. The lowest BCUT2D eigenvalue weighted by atomic mass is 9.93. The predicted octanol–water partition coefficient (Wildman–Crippen LogP) is 24.2. The number of unbranched alkanes of at least 4 members (excludes halogenated alkanes) is 32. The summed E-state index contributed by atoms with van der Waals surface area (Å²) in [6.07, 6.45) is 52.4. The summed E-state index contributed by atoms with van der Waals surface area (Å²) in [4.78, 5) is 41.7. The maximum atomic E-state index is 15.9. The van der Waals surface area contributed by atoms with Gasteiger partial charge in [-0.2, -0.15) is 0 Å². The third-order valence-electron chi connectivity index (χ3n) is 19.1. The van der Waals surface area contributed by atoms with Crippen LogP contribution in [-0.2, 0) is 9.59 Å². The Balaban J connectivity index is 1.11. The van der Waals surface area contributed by atoms with Crippen LogP contribution in [0.25, 0.3) is 41.1 Å². The second kappa shape index (κ2) is 37.4. The summed E-state index contributed by atoms with van der Waals surface area (Å²) in [7, 11) is 0. The fourth-order valence-electron chi connectivity index (χ4n) is 13.9. The number of anilines is 2. The minimum absolute atomic E-state index is 0.146. The zero-order chi connectivity index (χ0) is 59.4. The van der Waals surface area contributed by atoms with E-state index in [1.54, 1.807) is 22.7 Å². The second-order valence-electron chi connectivity index (χ2n) is 26.2. The number of aryl methyl sites for hydroxylation is 1. The molecule has 466 valence electrons. The lowest BCUT2D eigenvalue weighted by Gasteiger charge is -2.27. The monoisotopic (exact) mass is 1220 g/mol. The first kappa shape index (κ1) is 67.4. The molecule has 4 aromatic heterocycles. The van der Waals surface area contributed by atoms with Crippen molar-refractivity contribution in [3.8, 4) is 9.75 Å². The van der Waals surface area contributed by atoms with Crippen molar-refractivity contribution in [3.05, 3.63) is 91.1 Å². The molecule has 0 N–H and O–H groups in total. The van der Waals surface area contributed by atoms with Gasteiger partial charge in [-0.25, -0.2) is 0 Å². The summed E-state index contributed by atoms with van der Waals surface area (Å²) >= 11 is 7.24.